The van der Waals surface area contributed by atoms with Crippen LogP contribution in [0.5, 0.6) is 0 Å². The van der Waals surface area contributed by atoms with Gasteiger partial charge >= 0.3 is 0 Å². The number of carbonyl (C=O) groups is 1. The zero-order valence-corrected chi connectivity index (χ0v) is 14.6. The van der Waals surface area contributed by atoms with Crippen LogP contribution in [0.3, 0.4) is 0 Å². The van der Waals surface area contributed by atoms with Gasteiger partial charge in [-0.2, -0.15) is 0 Å². The molecule has 2 N–H and O–H groups in total. The SMILES string of the molecule is C[C@@H]1C[C@H](C)[C@@H](C(=O)NC2CCN(c3ncnc4nc[nH]c34)CC2)O1. The van der Waals surface area contributed by atoms with Gasteiger partial charge in [0.15, 0.2) is 11.5 Å². The van der Waals surface area contributed by atoms with Gasteiger partial charge < -0.3 is 19.9 Å². The highest BCUT2D eigenvalue weighted by Gasteiger charge is 2.36. The van der Waals surface area contributed by atoms with Gasteiger partial charge in [-0.15, -0.1) is 0 Å². The Bertz CT molecular complexity index is 754. The lowest BCUT2D eigenvalue weighted by atomic mass is 10.00. The molecule has 3 atom stereocenters. The molecular formula is C17H24N6O2. The molecule has 8 nitrogen and oxygen atoms in total. The molecule has 2 aliphatic rings. The summed E-state index contributed by atoms with van der Waals surface area (Å²) < 4.78 is 5.76. The van der Waals surface area contributed by atoms with Crippen molar-refractivity contribution < 1.29 is 9.53 Å². The van der Waals surface area contributed by atoms with E-state index in [0.29, 0.717) is 5.65 Å². The summed E-state index contributed by atoms with van der Waals surface area (Å²) in [6, 6.07) is 0.189. The van der Waals surface area contributed by atoms with E-state index in [1.165, 1.54) is 0 Å². The van der Waals surface area contributed by atoms with Gasteiger partial charge in [0.1, 0.15) is 17.9 Å². The van der Waals surface area contributed by atoms with Crippen molar-refractivity contribution in [1.82, 2.24) is 25.3 Å². The van der Waals surface area contributed by atoms with Gasteiger partial charge in [0, 0.05) is 19.1 Å². The summed E-state index contributed by atoms with van der Waals surface area (Å²) in [5.41, 5.74) is 1.55. The first-order valence-corrected chi connectivity index (χ1v) is 8.96. The Morgan fingerprint density at radius 2 is 2.08 bits per heavy atom. The molecule has 0 aromatic carbocycles. The second-order valence-electron chi connectivity index (χ2n) is 7.15. The topological polar surface area (TPSA) is 96.0 Å². The minimum Gasteiger partial charge on any atom is -0.365 e. The number of amides is 1. The van der Waals surface area contributed by atoms with Crippen LogP contribution in [0.2, 0.25) is 0 Å². The van der Waals surface area contributed by atoms with Crippen LogP contribution < -0.4 is 10.2 Å². The van der Waals surface area contributed by atoms with Crippen LogP contribution >= 0.6 is 0 Å². The third kappa shape index (κ3) is 3.18. The van der Waals surface area contributed by atoms with Crippen molar-refractivity contribution in [3.63, 3.8) is 0 Å². The number of ether oxygens (including phenoxy) is 1. The number of hydrogen-bond donors (Lipinski definition) is 2. The highest BCUT2D eigenvalue weighted by Crippen LogP contribution is 2.27. The third-order valence-electron chi connectivity index (χ3n) is 5.20. The maximum Gasteiger partial charge on any atom is 0.249 e. The molecule has 0 radical (unpaired) electrons. The number of nitrogens with one attached hydrogen (secondary N) is 2. The molecule has 8 heteroatoms. The van der Waals surface area contributed by atoms with Gasteiger partial charge in [-0.25, -0.2) is 15.0 Å². The normalized spacial score (nSPS) is 27.8. The van der Waals surface area contributed by atoms with E-state index in [2.05, 4.69) is 37.1 Å². The van der Waals surface area contributed by atoms with E-state index >= 15 is 0 Å². The molecule has 4 rings (SSSR count). The number of H-pyrrole nitrogens is 1. The average Bonchev–Trinajstić information content (AvgIpc) is 3.21. The molecule has 4 heterocycles. The van der Waals surface area contributed by atoms with Crippen LogP contribution in [0.1, 0.15) is 33.1 Å². The molecule has 2 aromatic heterocycles. The van der Waals surface area contributed by atoms with Crippen molar-refractivity contribution in [2.24, 2.45) is 5.92 Å². The van der Waals surface area contributed by atoms with Crippen LogP contribution in [0.4, 0.5) is 5.82 Å². The van der Waals surface area contributed by atoms with Gasteiger partial charge in [0.2, 0.25) is 5.91 Å². The lowest BCUT2D eigenvalue weighted by Crippen LogP contribution is -2.48. The molecule has 25 heavy (non-hydrogen) atoms. The number of aromatic amines is 1. The van der Waals surface area contributed by atoms with Crippen molar-refractivity contribution in [2.45, 2.75) is 51.4 Å². The molecule has 2 saturated heterocycles. The lowest BCUT2D eigenvalue weighted by Gasteiger charge is -2.33. The molecule has 0 saturated carbocycles. The Morgan fingerprint density at radius 3 is 2.80 bits per heavy atom. The fourth-order valence-electron chi connectivity index (χ4n) is 3.92. The van der Waals surface area contributed by atoms with Crippen LogP contribution in [0.15, 0.2) is 12.7 Å². The Morgan fingerprint density at radius 1 is 1.28 bits per heavy atom. The molecule has 2 aliphatic heterocycles. The number of imidazole rings is 1. The Kier molecular flexibility index (Phi) is 4.29. The first-order valence-electron chi connectivity index (χ1n) is 8.96. The Labute approximate surface area is 146 Å². The molecule has 0 unspecified atom stereocenters. The Hall–Kier alpha value is -2.22. The van der Waals surface area contributed by atoms with Gasteiger partial charge in [0.25, 0.3) is 0 Å². The second-order valence-corrected chi connectivity index (χ2v) is 7.15. The number of rotatable bonds is 3. The summed E-state index contributed by atoms with van der Waals surface area (Å²) in [6.45, 7) is 5.79. The van der Waals surface area contributed by atoms with Crippen molar-refractivity contribution in [1.29, 1.82) is 0 Å². The first kappa shape index (κ1) is 16.3. The quantitative estimate of drug-likeness (QED) is 0.870. The number of aromatic nitrogens is 4. The number of carbonyl (C=O) groups excluding carboxylic acids is 1. The molecule has 134 valence electrons. The number of fused-ring (bicyclic) bond motifs is 1. The molecule has 0 bridgehead atoms. The maximum absolute atomic E-state index is 12.5. The summed E-state index contributed by atoms with van der Waals surface area (Å²) >= 11 is 0. The highest BCUT2D eigenvalue weighted by atomic mass is 16.5. The standard InChI is InChI=1S/C17H24N6O2/c1-10-7-11(2)25-14(10)17(24)22-12-3-5-23(6-4-12)16-13-15(19-8-18-13)20-9-21-16/h8-12,14H,3-7H2,1-2H3,(H,22,24)(H,18,19,20,21)/t10-,11+,14-/m0/s1. The van der Waals surface area contributed by atoms with Gasteiger partial charge in [0.05, 0.1) is 12.4 Å². The molecule has 0 aliphatic carbocycles. The van der Waals surface area contributed by atoms with Crippen LogP contribution in [-0.4, -0.2) is 57.2 Å². The summed E-state index contributed by atoms with van der Waals surface area (Å²) in [6.07, 6.45) is 5.78. The van der Waals surface area contributed by atoms with Crippen LogP contribution in [0, 0.1) is 5.92 Å². The molecule has 2 aromatic rings. The predicted octanol–water partition coefficient (Wildman–Crippen LogP) is 1.25. The van der Waals surface area contributed by atoms with Gasteiger partial charge in [-0.3, -0.25) is 4.79 Å². The van der Waals surface area contributed by atoms with E-state index in [9.17, 15) is 4.79 Å². The van der Waals surface area contributed by atoms with Crippen LogP contribution in [-0.2, 0) is 9.53 Å². The van der Waals surface area contributed by atoms with Crippen LogP contribution in [0.25, 0.3) is 11.2 Å². The Balaban J connectivity index is 1.36. The minimum atomic E-state index is -0.306. The predicted molar refractivity (Wildman–Crippen MR) is 93.2 cm³/mol. The average molecular weight is 344 g/mol. The van der Waals surface area contributed by atoms with Crippen molar-refractivity contribution in [3.8, 4) is 0 Å². The number of nitrogens with zero attached hydrogens (tertiary/aromatic N) is 4. The number of anilines is 1. The molecular weight excluding hydrogens is 320 g/mol. The molecule has 2 fully saturated rings. The van der Waals surface area contributed by atoms with E-state index in [1.54, 1.807) is 12.7 Å². The highest BCUT2D eigenvalue weighted by molar-refractivity contribution is 5.83. The van der Waals surface area contributed by atoms with E-state index in [0.717, 1.165) is 43.7 Å². The summed E-state index contributed by atoms with van der Waals surface area (Å²) in [4.78, 5) is 30.6. The van der Waals surface area contributed by atoms with E-state index in [4.69, 9.17) is 4.74 Å². The zero-order valence-electron chi connectivity index (χ0n) is 14.6. The third-order valence-corrected chi connectivity index (χ3v) is 5.20. The van der Waals surface area contributed by atoms with Crippen molar-refractivity contribution in [3.05, 3.63) is 12.7 Å². The molecule has 1 amide bonds. The largest absolute Gasteiger partial charge is 0.365 e. The summed E-state index contributed by atoms with van der Waals surface area (Å²) in [5.74, 6) is 1.20. The summed E-state index contributed by atoms with van der Waals surface area (Å²) in [5, 5.41) is 3.17. The van der Waals surface area contributed by atoms with E-state index in [-0.39, 0.29) is 30.1 Å². The fraction of sp³-hybridized carbons (Fsp3) is 0.647. The summed E-state index contributed by atoms with van der Waals surface area (Å²) in [7, 11) is 0. The number of hydrogen-bond acceptors (Lipinski definition) is 6. The lowest BCUT2D eigenvalue weighted by molar-refractivity contribution is -0.134. The minimum absolute atomic E-state index is 0.0355. The van der Waals surface area contributed by atoms with Crippen molar-refractivity contribution >= 4 is 22.9 Å². The van der Waals surface area contributed by atoms with E-state index < -0.39 is 0 Å². The van der Waals surface area contributed by atoms with Crippen molar-refractivity contribution in [2.75, 3.05) is 18.0 Å². The van der Waals surface area contributed by atoms with Gasteiger partial charge in [-0.05, 0) is 32.1 Å². The zero-order chi connectivity index (χ0) is 17.4. The smallest absolute Gasteiger partial charge is 0.249 e. The van der Waals surface area contributed by atoms with E-state index in [1.807, 2.05) is 6.92 Å². The second kappa shape index (κ2) is 6.59. The number of piperidine rings is 1. The maximum atomic E-state index is 12.5. The first-order chi connectivity index (χ1) is 12.1. The monoisotopic (exact) mass is 344 g/mol. The molecule has 0 spiro atoms. The fourth-order valence-corrected chi connectivity index (χ4v) is 3.92. The van der Waals surface area contributed by atoms with Gasteiger partial charge in [-0.1, -0.05) is 6.92 Å².